The van der Waals surface area contributed by atoms with Gasteiger partial charge in [0.15, 0.2) is 0 Å². The highest BCUT2D eigenvalue weighted by Crippen LogP contribution is 2.30. The Kier molecular flexibility index (Phi) is 5.48. The molecule has 2 N–H and O–H groups in total. The highest BCUT2D eigenvalue weighted by Gasteiger charge is 2.32. The number of amides is 2. The van der Waals surface area contributed by atoms with Gasteiger partial charge in [-0.3, -0.25) is 9.59 Å². The molecule has 0 aliphatic heterocycles. The molecular formula is C16H11F4N3O2. The van der Waals surface area contributed by atoms with Gasteiger partial charge in [-0.1, -0.05) is 30.3 Å². The van der Waals surface area contributed by atoms with Crippen molar-refractivity contribution < 1.29 is 27.2 Å². The van der Waals surface area contributed by atoms with E-state index in [-0.39, 0.29) is 11.3 Å². The summed E-state index contributed by atoms with van der Waals surface area (Å²) in [6.45, 7) is 0. The summed E-state index contributed by atoms with van der Waals surface area (Å²) in [4.78, 5) is 23.1. The molecule has 0 saturated carbocycles. The molecule has 2 amide bonds. The number of hydrogen-bond donors (Lipinski definition) is 2. The van der Waals surface area contributed by atoms with Gasteiger partial charge >= 0.3 is 18.0 Å². The second kappa shape index (κ2) is 7.56. The van der Waals surface area contributed by atoms with E-state index in [9.17, 15) is 27.2 Å². The third-order valence-electron chi connectivity index (χ3n) is 2.96. The lowest BCUT2D eigenvalue weighted by Crippen LogP contribution is -2.32. The monoisotopic (exact) mass is 353 g/mol. The maximum Gasteiger partial charge on any atom is 0.417 e. The summed E-state index contributed by atoms with van der Waals surface area (Å²) >= 11 is 0. The fourth-order valence-corrected chi connectivity index (χ4v) is 1.82. The summed E-state index contributed by atoms with van der Waals surface area (Å²) in [7, 11) is 0. The second-order valence-corrected chi connectivity index (χ2v) is 4.72. The van der Waals surface area contributed by atoms with Gasteiger partial charge in [-0.25, -0.2) is 9.82 Å². The molecule has 0 atom stereocenters. The number of hydrogen-bond acceptors (Lipinski definition) is 3. The van der Waals surface area contributed by atoms with E-state index in [1.807, 2.05) is 5.32 Å². The van der Waals surface area contributed by atoms with Crippen LogP contribution >= 0.6 is 0 Å². The van der Waals surface area contributed by atoms with Gasteiger partial charge in [-0.15, -0.1) is 0 Å². The summed E-state index contributed by atoms with van der Waals surface area (Å²) in [5.74, 6) is -3.22. The summed E-state index contributed by atoms with van der Waals surface area (Å²) in [6, 6.07) is 9.75. The van der Waals surface area contributed by atoms with E-state index in [1.54, 1.807) is 5.43 Å². The van der Waals surface area contributed by atoms with Crippen LogP contribution in [0.2, 0.25) is 0 Å². The van der Waals surface area contributed by atoms with Crippen molar-refractivity contribution in [2.24, 2.45) is 5.10 Å². The summed E-state index contributed by atoms with van der Waals surface area (Å²) in [5, 5.41) is 5.34. The Morgan fingerprint density at radius 1 is 0.960 bits per heavy atom. The molecule has 9 heteroatoms. The quantitative estimate of drug-likeness (QED) is 0.386. The number of anilines is 1. The Morgan fingerprint density at radius 2 is 1.60 bits per heavy atom. The van der Waals surface area contributed by atoms with Crippen LogP contribution in [0.3, 0.4) is 0 Å². The first-order valence-corrected chi connectivity index (χ1v) is 6.84. The summed E-state index contributed by atoms with van der Waals surface area (Å²) in [5.41, 5.74) is 0.336. The van der Waals surface area contributed by atoms with Crippen LogP contribution in [-0.4, -0.2) is 18.0 Å². The van der Waals surface area contributed by atoms with E-state index in [0.717, 1.165) is 24.4 Å². The molecular weight excluding hydrogens is 342 g/mol. The molecule has 0 heterocycles. The van der Waals surface area contributed by atoms with Crippen LogP contribution in [0.1, 0.15) is 11.1 Å². The van der Waals surface area contributed by atoms with Gasteiger partial charge in [0.2, 0.25) is 0 Å². The zero-order valence-corrected chi connectivity index (χ0v) is 12.5. The molecule has 0 aliphatic rings. The number of carbonyl (C=O) groups is 2. The van der Waals surface area contributed by atoms with Crippen LogP contribution in [0, 0.1) is 5.82 Å². The zero-order valence-electron chi connectivity index (χ0n) is 12.5. The van der Waals surface area contributed by atoms with E-state index in [1.165, 1.54) is 30.3 Å². The number of halogens is 4. The predicted octanol–water partition coefficient (Wildman–Crippen LogP) is 2.93. The third-order valence-corrected chi connectivity index (χ3v) is 2.96. The van der Waals surface area contributed by atoms with Gasteiger partial charge in [0, 0.05) is 5.56 Å². The third kappa shape index (κ3) is 4.87. The van der Waals surface area contributed by atoms with Gasteiger partial charge in [-0.05, 0) is 18.2 Å². The molecule has 0 bridgehead atoms. The fraction of sp³-hybridized carbons (Fsp3) is 0.0625. The molecule has 2 rings (SSSR count). The number of carbonyl (C=O) groups excluding carboxylic acids is 2. The Morgan fingerprint density at radius 3 is 2.28 bits per heavy atom. The van der Waals surface area contributed by atoms with Crippen LogP contribution in [-0.2, 0) is 15.8 Å². The number of benzene rings is 2. The van der Waals surface area contributed by atoms with E-state index in [2.05, 4.69) is 5.10 Å². The SMILES string of the molecule is O=C(N/N=C\c1ccccc1C(F)(F)F)C(=O)Nc1ccccc1F. The minimum absolute atomic E-state index is 0.214. The van der Waals surface area contributed by atoms with E-state index < -0.39 is 29.4 Å². The molecule has 0 saturated heterocycles. The van der Waals surface area contributed by atoms with Crippen molar-refractivity contribution in [3.05, 3.63) is 65.5 Å². The van der Waals surface area contributed by atoms with Crippen molar-refractivity contribution in [3.8, 4) is 0 Å². The predicted molar refractivity (Wildman–Crippen MR) is 82.2 cm³/mol. The van der Waals surface area contributed by atoms with Gasteiger partial charge in [0.1, 0.15) is 5.82 Å². The number of alkyl halides is 3. The number of para-hydroxylation sites is 1. The van der Waals surface area contributed by atoms with E-state index >= 15 is 0 Å². The summed E-state index contributed by atoms with van der Waals surface area (Å²) < 4.78 is 51.7. The van der Waals surface area contributed by atoms with E-state index in [0.29, 0.717) is 0 Å². The van der Waals surface area contributed by atoms with Crippen LogP contribution in [0.25, 0.3) is 0 Å². The first-order valence-electron chi connectivity index (χ1n) is 6.84. The maximum absolute atomic E-state index is 13.4. The van der Waals surface area contributed by atoms with Crippen LogP contribution in [0.4, 0.5) is 23.2 Å². The first-order chi connectivity index (χ1) is 11.8. The Labute approximate surface area is 139 Å². The van der Waals surface area contributed by atoms with Crippen molar-refractivity contribution in [1.29, 1.82) is 0 Å². The molecule has 0 unspecified atom stereocenters. The van der Waals surface area contributed by atoms with Crippen LogP contribution < -0.4 is 10.7 Å². The molecule has 2 aromatic carbocycles. The Hall–Kier alpha value is -3.23. The molecule has 0 aliphatic carbocycles. The highest BCUT2D eigenvalue weighted by molar-refractivity contribution is 6.39. The first kappa shape index (κ1) is 18.1. The standard InChI is InChI=1S/C16H11F4N3O2/c17-12-7-3-4-8-13(12)22-14(24)15(25)23-21-9-10-5-1-2-6-11(10)16(18,19)20/h1-9H,(H,22,24)(H,23,25)/b21-9-. The lowest BCUT2D eigenvalue weighted by atomic mass is 10.1. The smallest absolute Gasteiger partial charge is 0.315 e. The van der Waals surface area contributed by atoms with Gasteiger partial charge < -0.3 is 5.32 Å². The molecule has 0 spiro atoms. The number of nitrogens with zero attached hydrogens (tertiary/aromatic N) is 1. The minimum atomic E-state index is -4.59. The Bertz CT molecular complexity index is 819. The lowest BCUT2D eigenvalue weighted by molar-refractivity contribution is -0.137. The average molecular weight is 353 g/mol. The fourth-order valence-electron chi connectivity index (χ4n) is 1.82. The molecule has 0 fully saturated rings. The number of hydrazone groups is 1. The molecule has 0 radical (unpaired) electrons. The topological polar surface area (TPSA) is 70.6 Å². The molecule has 0 aromatic heterocycles. The average Bonchev–Trinajstić information content (AvgIpc) is 2.56. The Balaban J connectivity index is 2.02. The maximum atomic E-state index is 13.4. The largest absolute Gasteiger partial charge is 0.417 e. The summed E-state index contributed by atoms with van der Waals surface area (Å²) in [6.07, 6.45) is -3.83. The van der Waals surface area contributed by atoms with Gasteiger partial charge in [-0.2, -0.15) is 18.3 Å². The van der Waals surface area contributed by atoms with Gasteiger partial charge in [0.05, 0.1) is 17.5 Å². The normalized spacial score (nSPS) is 11.4. The zero-order chi connectivity index (χ0) is 18.4. The van der Waals surface area contributed by atoms with Crippen LogP contribution in [0.5, 0.6) is 0 Å². The molecule has 130 valence electrons. The van der Waals surface area contributed by atoms with Crippen LogP contribution in [0.15, 0.2) is 53.6 Å². The molecule has 25 heavy (non-hydrogen) atoms. The van der Waals surface area contributed by atoms with Crippen molar-refractivity contribution in [3.63, 3.8) is 0 Å². The van der Waals surface area contributed by atoms with Crippen molar-refractivity contribution in [2.75, 3.05) is 5.32 Å². The minimum Gasteiger partial charge on any atom is -0.315 e. The molecule has 5 nitrogen and oxygen atoms in total. The second-order valence-electron chi connectivity index (χ2n) is 4.72. The van der Waals surface area contributed by atoms with Gasteiger partial charge in [0.25, 0.3) is 0 Å². The number of rotatable bonds is 3. The highest BCUT2D eigenvalue weighted by atomic mass is 19.4. The van der Waals surface area contributed by atoms with Crippen molar-refractivity contribution >= 4 is 23.7 Å². The van der Waals surface area contributed by atoms with E-state index in [4.69, 9.17) is 0 Å². The van der Waals surface area contributed by atoms with Crippen molar-refractivity contribution in [2.45, 2.75) is 6.18 Å². The molecule has 2 aromatic rings. The van der Waals surface area contributed by atoms with Crippen molar-refractivity contribution in [1.82, 2.24) is 5.43 Å². The number of nitrogens with one attached hydrogen (secondary N) is 2. The lowest BCUT2D eigenvalue weighted by Gasteiger charge is -2.09.